The van der Waals surface area contributed by atoms with Gasteiger partial charge in [-0.15, -0.1) is 0 Å². The van der Waals surface area contributed by atoms with Crippen molar-refractivity contribution in [1.29, 1.82) is 0 Å². The molecule has 25 heavy (non-hydrogen) atoms. The molecule has 1 amide bonds. The number of para-hydroxylation sites is 1. The number of amides is 1. The molecule has 1 aromatic heterocycles. The first kappa shape index (κ1) is 17.4. The topological polar surface area (TPSA) is 59.5 Å². The van der Waals surface area contributed by atoms with Crippen molar-refractivity contribution in [2.45, 2.75) is 45.1 Å². The van der Waals surface area contributed by atoms with Crippen LogP contribution in [0.2, 0.25) is 0 Å². The molecule has 2 aromatic rings. The predicted octanol–water partition coefficient (Wildman–Crippen LogP) is 3.14. The summed E-state index contributed by atoms with van der Waals surface area (Å²) < 4.78 is 5.52. The highest BCUT2D eigenvalue weighted by molar-refractivity contribution is 6.05. The molecule has 0 N–H and O–H groups in total. The van der Waals surface area contributed by atoms with Gasteiger partial charge in [-0.2, -0.15) is 0 Å². The molecule has 0 radical (unpaired) electrons. The summed E-state index contributed by atoms with van der Waals surface area (Å²) in [6.07, 6.45) is 4.16. The molecule has 1 aliphatic rings. The molecule has 132 valence electrons. The molecule has 1 aromatic carbocycles. The zero-order chi connectivity index (χ0) is 18.0. The van der Waals surface area contributed by atoms with Gasteiger partial charge in [-0.25, -0.2) is 4.79 Å². The number of carbonyl (C=O) groups excluding carboxylic acids is 2. The minimum Gasteiger partial charge on any atom is -0.449 e. The maximum absolute atomic E-state index is 13.0. The van der Waals surface area contributed by atoms with Crippen LogP contribution in [0, 0.1) is 0 Å². The van der Waals surface area contributed by atoms with E-state index in [1.165, 1.54) is 4.90 Å². The largest absolute Gasteiger partial charge is 0.449 e. The number of esters is 1. The average Bonchev–Trinajstić information content (AvgIpc) is 2.83. The first-order chi connectivity index (χ1) is 12.0. The molecule has 0 saturated heterocycles. The zero-order valence-electron chi connectivity index (χ0n) is 15.0. The lowest BCUT2D eigenvalue weighted by Crippen LogP contribution is -2.35. The van der Waals surface area contributed by atoms with Gasteiger partial charge in [0.25, 0.3) is 5.91 Å². The van der Waals surface area contributed by atoms with Crippen LogP contribution < -0.4 is 0 Å². The second-order valence-electron chi connectivity index (χ2n) is 6.77. The third-order valence-corrected chi connectivity index (χ3v) is 4.70. The van der Waals surface area contributed by atoms with Gasteiger partial charge in [0, 0.05) is 25.2 Å². The SMILES string of the molecule is C[C@H](OC(=O)c1c2c(nc3ccccc13)CCCCC2)C(=O)N(C)C. The van der Waals surface area contributed by atoms with Gasteiger partial charge in [0.05, 0.1) is 11.1 Å². The first-order valence-electron chi connectivity index (χ1n) is 8.81. The summed E-state index contributed by atoms with van der Waals surface area (Å²) in [7, 11) is 3.31. The molecule has 5 nitrogen and oxygen atoms in total. The van der Waals surface area contributed by atoms with E-state index < -0.39 is 12.1 Å². The Morgan fingerprint density at radius 2 is 1.84 bits per heavy atom. The quantitative estimate of drug-likeness (QED) is 0.636. The highest BCUT2D eigenvalue weighted by Crippen LogP contribution is 2.29. The van der Waals surface area contributed by atoms with E-state index in [1.807, 2.05) is 24.3 Å². The number of carbonyl (C=O) groups is 2. The number of pyridine rings is 1. The van der Waals surface area contributed by atoms with E-state index >= 15 is 0 Å². The number of fused-ring (bicyclic) bond motifs is 2. The molecule has 0 aliphatic heterocycles. The van der Waals surface area contributed by atoms with Crippen molar-refractivity contribution in [3.05, 3.63) is 41.1 Å². The Labute approximate surface area is 148 Å². The molecule has 5 heteroatoms. The van der Waals surface area contributed by atoms with E-state index in [9.17, 15) is 9.59 Å². The molecule has 0 unspecified atom stereocenters. The van der Waals surface area contributed by atoms with E-state index in [0.29, 0.717) is 5.56 Å². The van der Waals surface area contributed by atoms with Crippen molar-refractivity contribution < 1.29 is 14.3 Å². The lowest BCUT2D eigenvalue weighted by molar-refractivity contribution is -0.137. The normalized spacial score (nSPS) is 15.2. The van der Waals surface area contributed by atoms with Gasteiger partial charge in [0.1, 0.15) is 0 Å². The standard InChI is InChI=1S/C20H24N2O3/c1-13(19(23)22(2)3)25-20(24)18-14-9-5-4-6-11-16(14)21-17-12-8-7-10-15(17)18/h7-8,10,12-13H,4-6,9,11H2,1-3H3/t13-/m0/s1. The Bertz CT molecular complexity index is 814. The lowest BCUT2D eigenvalue weighted by atomic mass is 9.97. The van der Waals surface area contributed by atoms with Crippen LogP contribution in [0.5, 0.6) is 0 Å². The number of rotatable bonds is 3. The Kier molecular flexibility index (Phi) is 5.02. The first-order valence-corrected chi connectivity index (χ1v) is 8.81. The molecule has 0 spiro atoms. The molecular formula is C20H24N2O3. The van der Waals surface area contributed by atoms with Crippen molar-refractivity contribution in [2.24, 2.45) is 0 Å². The number of benzene rings is 1. The van der Waals surface area contributed by atoms with Crippen molar-refractivity contribution in [3.8, 4) is 0 Å². The zero-order valence-corrected chi connectivity index (χ0v) is 15.0. The maximum Gasteiger partial charge on any atom is 0.339 e. The molecule has 1 atom stereocenters. The Morgan fingerprint density at radius 3 is 2.60 bits per heavy atom. The number of aromatic nitrogens is 1. The molecule has 3 rings (SSSR count). The molecular weight excluding hydrogens is 316 g/mol. The van der Waals surface area contributed by atoms with E-state index in [-0.39, 0.29) is 5.91 Å². The van der Waals surface area contributed by atoms with Gasteiger partial charge in [-0.3, -0.25) is 9.78 Å². The molecule has 0 bridgehead atoms. The number of hydrogen-bond donors (Lipinski definition) is 0. The van der Waals surface area contributed by atoms with Crippen molar-refractivity contribution in [2.75, 3.05) is 14.1 Å². The van der Waals surface area contributed by atoms with Crippen LogP contribution in [0.1, 0.15) is 47.8 Å². The van der Waals surface area contributed by atoms with Gasteiger partial charge in [0.2, 0.25) is 0 Å². The van der Waals surface area contributed by atoms with Gasteiger partial charge < -0.3 is 9.64 Å². The fraction of sp³-hybridized carbons (Fsp3) is 0.450. The third kappa shape index (κ3) is 3.50. The lowest BCUT2D eigenvalue weighted by Gasteiger charge is -2.19. The second kappa shape index (κ2) is 7.21. The third-order valence-electron chi connectivity index (χ3n) is 4.70. The summed E-state index contributed by atoms with van der Waals surface area (Å²) in [6, 6.07) is 7.65. The summed E-state index contributed by atoms with van der Waals surface area (Å²) >= 11 is 0. The van der Waals surface area contributed by atoms with E-state index in [4.69, 9.17) is 9.72 Å². The summed E-state index contributed by atoms with van der Waals surface area (Å²) in [5.74, 6) is -0.655. The Morgan fingerprint density at radius 1 is 1.12 bits per heavy atom. The smallest absolute Gasteiger partial charge is 0.339 e. The number of ether oxygens (including phenoxy) is 1. The van der Waals surface area contributed by atoms with E-state index in [1.54, 1.807) is 21.0 Å². The molecule has 0 fully saturated rings. The summed E-state index contributed by atoms with van der Waals surface area (Å²) in [6.45, 7) is 1.61. The monoisotopic (exact) mass is 340 g/mol. The van der Waals surface area contributed by atoms with Gasteiger partial charge in [0.15, 0.2) is 6.10 Å². The average molecular weight is 340 g/mol. The highest BCUT2D eigenvalue weighted by atomic mass is 16.5. The van der Waals surface area contributed by atoms with Crippen molar-refractivity contribution in [3.63, 3.8) is 0 Å². The Hall–Kier alpha value is -2.43. The number of nitrogens with zero attached hydrogens (tertiary/aromatic N) is 2. The summed E-state index contributed by atoms with van der Waals surface area (Å²) in [5.41, 5.74) is 3.38. The number of aryl methyl sites for hydroxylation is 1. The van der Waals surface area contributed by atoms with Crippen LogP contribution >= 0.6 is 0 Å². The maximum atomic E-state index is 13.0. The molecule has 0 saturated carbocycles. The van der Waals surface area contributed by atoms with E-state index in [2.05, 4.69) is 0 Å². The predicted molar refractivity (Wildman–Crippen MR) is 96.6 cm³/mol. The minimum absolute atomic E-state index is 0.224. The van der Waals surface area contributed by atoms with Crippen molar-refractivity contribution >= 4 is 22.8 Å². The van der Waals surface area contributed by atoms with Crippen molar-refractivity contribution in [1.82, 2.24) is 9.88 Å². The van der Waals surface area contributed by atoms with Gasteiger partial charge >= 0.3 is 5.97 Å². The highest BCUT2D eigenvalue weighted by Gasteiger charge is 2.26. The summed E-state index contributed by atoms with van der Waals surface area (Å²) in [4.78, 5) is 31.2. The number of likely N-dealkylation sites (N-methyl/N-ethyl adjacent to an activating group) is 1. The molecule has 1 aliphatic carbocycles. The fourth-order valence-electron chi connectivity index (χ4n) is 3.42. The van der Waals surface area contributed by atoms with Crippen LogP contribution in [0.3, 0.4) is 0 Å². The number of hydrogen-bond acceptors (Lipinski definition) is 4. The van der Waals surface area contributed by atoms with Crippen LogP contribution in [0.25, 0.3) is 10.9 Å². The van der Waals surface area contributed by atoms with E-state index in [0.717, 1.165) is 54.3 Å². The van der Waals surface area contributed by atoms with Crippen LogP contribution in [0.4, 0.5) is 0 Å². The van der Waals surface area contributed by atoms with Crippen LogP contribution in [-0.2, 0) is 22.4 Å². The fourth-order valence-corrected chi connectivity index (χ4v) is 3.42. The van der Waals surface area contributed by atoms with Gasteiger partial charge in [-0.1, -0.05) is 24.6 Å². The van der Waals surface area contributed by atoms with Crippen LogP contribution in [0.15, 0.2) is 24.3 Å². The van der Waals surface area contributed by atoms with Gasteiger partial charge in [-0.05, 0) is 44.2 Å². The van der Waals surface area contributed by atoms with Crippen LogP contribution in [-0.4, -0.2) is 42.0 Å². The Balaban J connectivity index is 2.06. The second-order valence-corrected chi connectivity index (χ2v) is 6.77. The minimum atomic E-state index is -0.809. The summed E-state index contributed by atoms with van der Waals surface area (Å²) in [5, 5.41) is 0.803. The molecule has 1 heterocycles.